The van der Waals surface area contributed by atoms with Gasteiger partial charge in [-0.2, -0.15) is 4.98 Å². The molecule has 0 bridgehead atoms. The van der Waals surface area contributed by atoms with E-state index < -0.39 is 36.3 Å². The lowest BCUT2D eigenvalue weighted by molar-refractivity contribution is -0.346. The summed E-state index contributed by atoms with van der Waals surface area (Å²) in [5.41, 5.74) is 3.48. The molecule has 1 aromatic rings. The van der Waals surface area contributed by atoms with Gasteiger partial charge in [-0.15, -0.1) is 0 Å². The molecule has 0 unspecified atom stereocenters. The highest BCUT2D eigenvalue weighted by molar-refractivity contribution is 5.24. The van der Waals surface area contributed by atoms with Crippen molar-refractivity contribution in [1.29, 1.82) is 0 Å². The Morgan fingerprint density at radius 3 is 2.86 bits per heavy atom. The molecule has 2 rings (SSSR count). The van der Waals surface area contributed by atoms with Crippen LogP contribution in [0.2, 0.25) is 0 Å². The fourth-order valence-corrected chi connectivity index (χ4v) is 2.59. The molecule has 2 heterocycles. The first-order chi connectivity index (χ1) is 10.00. The minimum absolute atomic E-state index is 0.0731. The first kappa shape index (κ1) is 15.9. The van der Waals surface area contributed by atoms with E-state index >= 15 is 0 Å². The quantitative estimate of drug-likeness (QED) is 0.447. The summed E-state index contributed by atoms with van der Waals surface area (Å²) in [6, 6.07) is 1.44. The number of rotatable bonds is 5. The first-order valence-electron chi connectivity index (χ1n) is 6.52. The van der Waals surface area contributed by atoms with Crippen molar-refractivity contribution in [3.05, 3.63) is 22.7 Å². The van der Waals surface area contributed by atoms with Crippen molar-refractivity contribution in [2.45, 2.75) is 37.4 Å². The van der Waals surface area contributed by atoms with Gasteiger partial charge in [0.05, 0.1) is 13.7 Å². The number of aliphatic hydroxyl groups excluding tert-OH is 2. The van der Waals surface area contributed by atoms with E-state index in [1.54, 1.807) is 6.92 Å². The first-order valence-corrected chi connectivity index (χ1v) is 6.52. The Hall–Kier alpha value is -1.52. The number of nitrogens with two attached hydrogens (primary N) is 1. The molecular weight excluding hydrogens is 282 g/mol. The van der Waals surface area contributed by atoms with Crippen LogP contribution in [0.25, 0.3) is 0 Å². The molecule has 0 radical (unpaired) electrons. The van der Waals surface area contributed by atoms with Crippen molar-refractivity contribution < 1.29 is 24.7 Å². The number of ether oxygens (including phenoxy) is 1. The van der Waals surface area contributed by atoms with E-state index in [1.807, 2.05) is 0 Å². The highest BCUT2D eigenvalue weighted by Crippen LogP contribution is 2.39. The molecule has 1 saturated heterocycles. The summed E-state index contributed by atoms with van der Waals surface area (Å²) in [6.07, 6.45) is -1.39. The lowest BCUT2D eigenvalue weighted by atomic mass is 10.00. The van der Waals surface area contributed by atoms with Crippen LogP contribution in [0, 0.1) is 0 Å². The molecular formula is C12H19N3O6. The SMILES string of the molecule is CC[C@@]1(n2ccc(N)nc2=O)O[C@H](CO)[C@@H](O)[C@H]1OOC. The van der Waals surface area contributed by atoms with E-state index in [9.17, 15) is 15.0 Å². The van der Waals surface area contributed by atoms with Crippen LogP contribution in [0.5, 0.6) is 0 Å². The largest absolute Gasteiger partial charge is 0.394 e. The maximum absolute atomic E-state index is 12.1. The Morgan fingerprint density at radius 2 is 2.33 bits per heavy atom. The molecule has 118 valence electrons. The summed E-state index contributed by atoms with van der Waals surface area (Å²) < 4.78 is 6.90. The number of aliphatic hydroxyl groups is 2. The van der Waals surface area contributed by atoms with Gasteiger partial charge in [-0.25, -0.2) is 14.6 Å². The molecule has 21 heavy (non-hydrogen) atoms. The van der Waals surface area contributed by atoms with Gasteiger partial charge >= 0.3 is 5.69 Å². The Morgan fingerprint density at radius 1 is 1.62 bits per heavy atom. The maximum atomic E-state index is 12.1. The zero-order valence-corrected chi connectivity index (χ0v) is 11.8. The van der Waals surface area contributed by atoms with Gasteiger partial charge in [0.15, 0.2) is 11.8 Å². The van der Waals surface area contributed by atoms with Crippen molar-refractivity contribution in [2.24, 2.45) is 0 Å². The second kappa shape index (κ2) is 6.08. The van der Waals surface area contributed by atoms with Gasteiger partial charge in [-0.1, -0.05) is 6.92 Å². The van der Waals surface area contributed by atoms with E-state index in [0.29, 0.717) is 0 Å². The van der Waals surface area contributed by atoms with Crippen molar-refractivity contribution in [3.63, 3.8) is 0 Å². The minimum Gasteiger partial charge on any atom is -0.394 e. The highest BCUT2D eigenvalue weighted by Gasteiger charge is 2.57. The maximum Gasteiger partial charge on any atom is 0.351 e. The monoisotopic (exact) mass is 301 g/mol. The number of nitrogen functional groups attached to an aromatic ring is 1. The van der Waals surface area contributed by atoms with Crippen LogP contribution in [0.4, 0.5) is 5.82 Å². The third-order valence-electron chi connectivity index (χ3n) is 3.61. The van der Waals surface area contributed by atoms with Crippen LogP contribution >= 0.6 is 0 Å². The molecule has 1 aliphatic rings. The fraction of sp³-hybridized carbons (Fsp3) is 0.667. The van der Waals surface area contributed by atoms with Gasteiger partial charge in [0.25, 0.3) is 0 Å². The van der Waals surface area contributed by atoms with Crippen LogP contribution in [0.1, 0.15) is 13.3 Å². The molecule has 1 aliphatic heterocycles. The molecule has 4 atom stereocenters. The molecule has 1 fully saturated rings. The second-order valence-corrected chi connectivity index (χ2v) is 4.72. The zero-order chi connectivity index (χ0) is 15.6. The molecule has 0 aliphatic carbocycles. The summed E-state index contributed by atoms with van der Waals surface area (Å²) in [6.45, 7) is 1.32. The van der Waals surface area contributed by atoms with Crippen LogP contribution < -0.4 is 11.4 Å². The van der Waals surface area contributed by atoms with Crippen molar-refractivity contribution >= 4 is 5.82 Å². The summed E-state index contributed by atoms with van der Waals surface area (Å²) in [4.78, 5) is 25.5. The normalized spacial score (nSPS) is 32.5. The van der Waals surface area contributed by atoms with E-state index in [4.69, 9.17) is 15.4 Å². The Kier molecular flexibility index (Phi) is 4.59. The van der Waals surface area contributed by atoms with Gasteiger partial charge in [-0.3, -0.25) is 4.57 Å². The Bertz CT molecular complexity index is 550. The molecule has 9 heteroatoms. The Balaban J connectivity index is 2.54. The van der Waals surface area contributed by atoms with E-state index in [1.165, 1.54) is 23.9 Å². The molecule has 0 amide bonds. The average molecular weight is 301 g/mol. The van der Waals surface area contributed by atoms with Gasteiger partial charge in [-0.05, 0) is 12.5 Å². The number of aromatic nitrogens is 2. The van der Waals surface area contributed by atoms with Crippen LogP contribution in [-0.2, 0) is 20.2 Å². The second-order valence-electron chi connectivity index (χ2n) is 4.72. The predicted octanol–water partition coefficient (Wildman–Crippen LogP) is -1.41. The molecule has 0 spiro atoms. The van der Waals surface area contributed by atoms with Gasteiger partial charge in [0, 0.05) is 6.20 Å². The van der Waals surface area contributed by atoms with Crippen LogP contribution in [0.3, 0.4) is 0 Å². The molecule has 4 N–H and O–H groups in total. The van der Waals surface area contributed by atoms with Gasteiger partial charge in [0.2, 0.25) is 0 Å². The number of nitrogens with zero attached hydrogens (tertiary/aromatic N) is 2. The summed E-state index contributed by atoms with van der Waals surface area (Å²) in [5, 5.41) is 19.5. The van der Waals surface area contributed by atoms with Crippen LogP contribution in [0.15, 0.2) is 17.1 Å². The molecule has 0 saturated carbocycles. The molecule has 9 nitrogen and oxygen atoms in total. The standard InChI is InChI=1S/C12H19N3O6/c1-3-12(15-5-4-8(13)14-11(15)18)10(21-19-2)9(17)7(6-16)20-12/h4-5,7,9-10,16-17H,3,6H2,1-2H3,(H2,13,14,18)/t7-,9-,10-,12-/m1/s1. The molecule has 0 aromatic carbocycles. The lowest BCUT2D eigenvalue weighted by Crippen LogP contribution is -2.51. The van der Waals surface area contributed by atoms with Gasteiger partial charge in [0.1, 0.15) is 18.0 Å². The third-order valence-corrected chi connectivity index (χ3v) is 3.61. The predicted molar refractivity (Wildman–Crippen MR) is 71.0 cm³/mol. The van der Waals surface area contributed by atoms with Crippen LogP contribution in [-0.4, -0.2) is 51.8 Å². The number of hydrogen-bond donors (Lipinski definition) is 3. The number of hydrogen-bond acceptors (Lipinski definition) is 8. The van der Waals surface area contributed by atoms with E-state index in [-0.39, 0.29) is 12.2 Å². The summed E-state index contributed by atoms with van der Waals surface area (Å²) >= 11 is 0. The summed E-state index contributed by atoms with van der Waals surface area (Å²) in [7, 11) is 1.28. The molecule has 1 aromatic heterocycles. The van der Waals surface area contributed by atoms with Crippen molar-refractivity contribution in [1.82, 2.24) is 9.55 Å². The van der Waals surface area contributed by atoms with Crippen molar-refractivity contribution in [2.75, 3.05) is 19.5 Å². The van der Waals surface area contributed by atoms with E-state index in [2.05, 4.69) is 9.87 Å². The smallest absolute Gasteiger partial charge is 0.351 e. The lowest BCUT2D eigenvalue weighted by Gasteiger charge is -2.34. The van der Waals surface area contributed by atoms with Crippen molar-refractivity contribution in [3.8, 4) is 0 Å². The Labute approximate surface area is 120 Å². The average Bonchev–Trinajstić information content (AvgIpc) is 2.73. The zero-order valence-electron chi connectivity index (χ0n) is 11.8. The third kappa shape index (κ3) is 2.54. The fourth-order valence-electron chi connectivity index (χ4n) is 2.59. The topological polar surface area (TPSA) is 129 Å². The minimum atomic E-state index is -1.35. The van der Waals surface area contributed by atoms with Gasteiger partial charge < -0.3 is 20.7 Å². The number of anilines is 1. The van der Waals surface area contributed by atoms with E-state index in [0.717, 1.165) is 0 Å². The highest BCUT2D eigenvalue weighted by atomic mass is 17.2. The summed E-state index contributed by atoms with van der Waals surface area (Å²) in [5.74, 6) is 0.0731.